The summed E-state index contributed by atoms with van der Waals surface area (Å²) < 4.78 is 44.6. The van der Waals surface area contributed by atoms with Crippen LogP contribution in [0.15, 0.2) is 30.6 Å². The molecule has 0 aliphatic rings. The highest BCUT2D eigenvalue weighted by Gasteiger charge is 2.35. The molecule has 0 atom stereocenters. The van der Waals surface area contributed by atoms with Crippen LogP contribution >= 0.6 is 0 Å². The Bertz CT molecular complexity index is 650. The highest BCUT2D eigenvalue weighted by Crippen LogP contribution is 2.34. The first-order valence-corrected chi connectivity index (χ1v) is 5.38. The SMILES string of the molecule is Cn1cc(Oc2ccc(C(F)(F)F)c(C(=O)O)c2)cn1. The summed E-state index contributed by atoms with van der Waals surface area (Å²) in [5.41, 5.74) is -2.08. The lowest BCUT2D eigenvalue weighted by Gasteiger charge is -2.11. The number of carboxylic acids is 1. The van der Waals surface area contributed by atoms with E-state index in [4.69, 9.17) is 9.84 Å². The molecule has 1 aromatic carbocycles. The third kappa shape index (κ3) is 2.90. The van der Waals surface area contributed by atoms with Crippen LogP contribution in [-0.4, -0.2) is 20.9 Å². The number of carbonyl (C=O) groups is 1. The molecule has 106 valence electrons. The molecule has 1 heterocycles. The van der Waals surface area contributed by atoms with Gasteiger partial charge in [0, 0.05) is 7.05 Å². The van der Waals surface area contributed by atoms with Gasteiger partial charge in [-0.2, -0.15) is 18.3 Å². The zero-order valence-electron chi connectivity index (χ0n) is 10.2. The van der Waals surface area contributed by atoms with Crippen LogP contribution in [0.4, 0.5) is 13.2 Å². The maximum atomic E-state index is 12.7. The third-order valence-electron chi connectivity index (χ3n) is 2.44. The van der Waals surface area contributed by atoms with Crippen LogP contribution in [0.1, 0.15) is 15.9 Å². The molecule has 1 N–H and O–H groups in total. The predicted molar refractivity (Wildman–Crippen MR) is 61.7 cm³/mol. The number of hydrogen-bond donors (Lipinski definition) is 1. The van der Waals surface area contributed by atoms with Crippen molar-refractivity contribution in [2.24, 2.45) is 7.05 Å². The van der Waals surface area contributed by atoms with Crippen molar-refractivity contribution in [3.05, 3.63) is 41.7 Å². The maximum absolute atomic E-state index is 12.7. The van der Waals surface area contributed by atoms with Gasteiger partial charge in [0.05, 0.1) is 23.5 Å². The first-order valence-electron chi connectivity index (χ1n) is 5.38. The molecule has 0 spiro atoms. The summed E-state index contributed by atoms with van der Waals surface area (Å²) >= 11 is 0. The summed E-state index contributed by atoms with van der Waals surface area (Å²) in [6.07, 6.45) is -1.88. The second kappa shape index (κ2) is 4.87. The molecule has 1 aromatic heterocycles. The van der Waals surface area contributed by atoms with E-state index in [9.17, 15) is 18.0 Å². The van der Waals surface area contributed by atoms with E-state index < -0.39 is 23.3 Å². The monoisotopic (exact) mass is 286 g/mol. The van der Waals surface area contributed by atoms with Crippen LogP contribution in [0.2, 0.25) is 0 Å². The van der Waals surface area contributed by atoms with Gasteiger partial charge in [0.1, 0.15) is 5.75 Å². The molecule has 0 saturated heterocycles. The van der Waals surface area contributed by atoms with Crippen molar-refractivity contribution in [1.29, 1.82) is 0 Å². The van der Waals surface area contributed by atoms with Crippen molar-refractivity contribution in [2.45, 2.75) is 6.18 Å². The number of nitrogens with zero attached hydrogens (tertiary/aromatic N) is 2. The molecule has 0 saturated carbocycles. The molecule has 2 aromatic rings. The van der Waals surface area contributed by atoms with Crippen LogP contribution in [0.3, 0.4) is 0 Å². The fraction of sp³-hybridized carbons (Fsp3) is 0.167. The zero-order chi connectivity index (χ0) is 14.9. The number of carboxylic acid groups (broad SMARTS) is 1. The molecule has 2 rings (SSSR count). The molecule has 0 aliphatic carbocycles. The Hall–Kier alpha value is -2.51. The lowest BCUT2D eigenvalue weighted by atomic mass is 10.1. The summed E-state index contributed by atoms with van der Waals surface area (Å²) in [4.78, 5) is 10.9. The lowest BCUT2D eigenvalue weighted by molar-refractivity contribution is -0.138. The number of halogens is 3. The second-order valence-electron chi connectivity index (χ2n) is 3.96. The molecule has 20 heavy (non-hydrogen) atoms. The number of rotatable bonds is 3. The largest absolute Gasteiger partial charge is 0.478 e. The van der Waals surface area contributed by atoms with Gasteiger partial charge >= 0.3 is 12.1 Å². The standard InChI is InChI=1S/C12H9F3N2O3/c1-17-6-8(5-16-17)20-7-2-3-10(12(13,14)15)9(4-7)11(18)19/h2-6H,1H3,(H,18,19). The summed E-state index contributed by atoms with van der Waals surface area (Å²) in [5.74, 6) is -1.39. The van der Waals surface area contributed by atoms with Crippen LogP contribution in [0.25, 0.3) is 0 Å². The Morgan fingerprint density at radius 3 is 2.55 bits per heavy atom. The first kappa shape index (κ1) is 13.9. The zero-order valence-corrected chi connectivity index (χ0v) is 10.2. The quantitative estimate of drug-likeness (QED) is 0.942. The Morgan fingerprint density at radius 2 is 2.05 bits per heavy atom. The molecule has 0 radical (unpaired) electrons. The van der Waals surface area contributed by atoms with Gasteiger partial charge in [0.25, 0.3) is 0 Å². The van der Waals surface area contributed by atoms with Gasteiger partial charge in [-0.15, -0.1) is 0 Å². The van der Waals surface area contributed by atoms with Crippen LogP contribution < -0.4 is 4.74 Å². The van der Waals surface area contributed by atoms with E-state index >= 15 is 0 Å². The number of ether oxygens (including phenoxy) is 1. The van der Waals surface area contributed by atoms with Crippen molar-refractivity contribution >= 4 is 5.97 Å². The van der Waals surface area contributed by atoms with Crippen LogP contribution in [0, 0.1) is 0 Å². The van der Waals surface area contributed by atoms with Crippen molar-refractivity contribution in [3.63, 3.8) is 0 Å². The number of aryl methyl sites for hydroxylation is 1. The van der Waals surface area contributed by atoms with Gasteiger partial charge in [0.2, 0.25) is 0 Å². The van der Waals surface area contributed by atoms with Crippen LogP contribution in [0.5, 0.6) is 11.5 Å². The molecular formula is C12H9F3N2O3. The number of alkyl halides is 3. The topological polar surface area (TPSA) is 64.3 Å². The molecule has 0 bridgehead atoms. The van der Waals surface area contributed by atoms with E-state index in [0.717, 1.165) is 12.1 Å². The molecular weight excluding hydrogens is 277 g/mol. The number of aromatic nitrogens is 2. The Kier molecular flexibility index (Phi) is 3.39. The molecule has 0 aliphatic heterocycles. The average Bonchev–Trinajstić information content (AvgIpc) is 2.73. The van der Waals surface area contributed by atoms with Crippen molar-refractivity contribution in [1.82, 2.24) is 9.78 Å². The summed E-state index contributed by atoms with van der Waals surface area (Å²) in [6, 6.07) is 2.57. The van der Waals surface area contributed by atoms with Gasteiger partial charge < -0.3 is 9.84 Å². The van der Waals surface area contributed by atoms with Crippen molar-refractivity contribution in [3.8, 4) is 11.5 Å². The Labute approximate surface area is 111 Å². The summed E-state index contributed by atoms with van der Waals surface area (Å²) in [7, 11) is 1.64. The highest BCUT2D eigenvalue weighted by atomic mass is 19.4. The predicted octanol–water partition coefficient (Wildman–Crippen LogP) is 2.93. The number of aromatic carboxylic acids is 1. The minimum absolute atomic E-state index is 0.0107. The lowest BCUT2D eigenvalue weighted by Crippen LogP contribution is -2.12. The normalized spacial score (nSPS) is 11.4. The van der Waals surface area contributed by atoms with E-state index in [0.29, 0.717) is 11.8 Å². The van der Waals surface area contributed by atoms with Gasteiger partial charge in [-0.1, -0.05) is 0 Å². The fourth-order valence-electron chi connectivity index (χ4n) is 1.60. The third-order valence-corrected chi connectivity index (χ3v) is 2.44. The smallest absolute Gasteiger partial charge is 0.417 e. The van der Waals surface area contributed by atoms with Crippen molar-refractivity contribution in [2.75, 3.05) is 0 Å². The second-order valence-corrected chi connectivity index (χ2v) is 3.96. The first-order chi connectivity index (χ1) is 9.27. The van der Waals surface area contributed by atoms with E-state index in [-0.39, 0.29) is 5.75 Å². The molecule has 8 heteroatoms. The van der Waals surface area contributed by atoms with E-state index in [1.54, 1.807) is 7.05 Å². The summed E-state index contributed by atoms with van der Waals surface area (Å²) in [5, 5.41) is 12.7. The van der Waals surface area contributed by atoms with Gasteiger partial charge in [-0.3, -0.25) is 4.68 Å². The Morgan fingerprint density at radius 1 is 1.35 bits per heavy atom. The van der Waals surface area contributed by atoms with E-state index in [1.165, 1.54) is 17.1 Å². The highest BCUT2D eigenvalue weighted by molar-refractivity contribution is 5.90. The van der Waals surface area contributed by atoms with Gasteiger partial charge in [0.15, 0.2) is 5.75 Å². The van der Waals surface area contributed by atoms with Gasteiger partial charge in [-0.25, -0.2) is 4.79 Å². The van der Waals surface area contributed by atoms with E-state index in [1.807, 2.05) is 0 Å². The van der Waals surface area contributed by atoms with Crippen LogP contribution in [-0.2, 0) is 13.2 Å². The molecule has 5 nitrogen and oxygen atoms in total. The van der Waals surface area contributed by atoms with Gasteiger partial charge in [-0.05, 0) is 18.2 Å². The Balaban J connectivity index is 2.38. The maximum Gasteiger partial charge on any atom is 0.417 e. The van der Waals surface area contributed by atoms with Crippen molar-refractivity contribution < 1.29 is 27.8 Å². The summed E-state index contributed by atoms with van der Waals surface area (Å²) in [6.45, 7) is 0. The minimum Gasteiger partial charge on any atom is -0.478 e. The average molecular weight is 286 g/mol. The minimum atomic E-state index is -4.74. The fourth-order valence-corrected chi connectivity index (χ4v) is 1.60. The molecule has 0 fully saturated rings. The molecule has 0 amide bonds. The van der Waals surface area contributed by atoms with E-state index in [2.05, 4.69) is 5.10 Å². The number of benzene rings is 1. The number of hydrogen-bond acceptors (Lipinski definition) is 3. The molecule has 0 unspecified atom stereocenters.